The lowest BCUT2D eigenvalue weighted by molar-refractivity contribution is -0.201. The van der Waals surface area contributed by atoms with Crippen molar-refractivity contribution in [3.8, 4) is 0 Å². The summed E-state index contributed by atoms with van der Waals surface area (Å²) < 4.78 is 20.3. The van der Waals surface area contributed by atoms with Crippen LogP contribution in [-0.4, -0.2) is 16.6 Å². The van der Waals surface area contributed by atoms with E-state index in [0.29, 0.717) is 11.4 Å². The van der Waals surface area contributed by atoms with E-state index < -0.39 is 29.2 Å². The molecule has 33 heavy (non-hydrogen) atoms. The first-order valence-corrected chi connectivity index (χ1v) is 17.5. The highest BCUT2D eigenvalue weighted by atomic mass is 28.4. The average molecular weight is 489 g/mol. The lowest BCUT2D eigenvalue weighted by atomic mass is 10.1. The molecule has 0 radical (unpaired) electrons. The van der Waals surface area contributed by atoms with Gasteiger partial charge in [-0.3, -0.25) is 0 Å². The van der Waals surface area contributed by atoms with Crippen LogP contribution >= 0.6 is 0 Å². The third-order valence-corrected chi connectivity index (χ3v) is 16.0. The van der Waals surface area contributed by atoms with Gasteiger partial charge in [0, 0.05) is 22.5 Å². The van der Waals surface area contributed by atoms with E-state index in [4.69, 9.17) is 25.1 Å². The van der Waals surface area contributed by atoms with Gasteiger partial charge in [-0.2, -0.15) is 0 Å². The topological polar surface area (TPSA) is 79.7 Å². The SMILES string of the molecule is CC(C)(C)[Si](C)(C)OC(OC(O[Si](C)(C)C(C)(C)C)c1ccccc1N)c1ccccc1N. The summed E-state index contributed by atoms with van der Waals surface area (Å²) in [7, 11) is -4.41. The minimum atomic E-state index is -2.21. The maximum Gasteiger partial charge on any atom is 0.195 e. The van der Waals surface area contributed by atoms with Crippen LogP contribution in [0, 0.1) is 0 Å². The minimum absolute atomic E-state index is 0.000286. The Morgan fingerprint density at radius 2 is 0.909 bits per heavy atom. The van der Waals surface area contributed by atoms with Crippen LogP contribution in [0.5, 0.6) is 0 Å². The van der Waals surface area contributed by atoms with Crippen LogP contribution in [0.3, 0.4) is 0 Å². The molecule has 7 heteroatoms. The van der Waals surface area contributed by atoms with Crippen molar-refractivity contribution >= 4 is 28.0 Å². The quantitative estimate of drug-likeness (QED) is 0.227. The molecule has 0 saturated carbocycles. The second-order valence-corrected chi connectivity index (χ2v) is 21.3. The normalized spacial score (nSPS) is 15.3. The molecule has 0 fully saturated rings. The van der Waals surface area contributed by atoms with Crippen molar-refractivity contribution in [2.24, 2.45) is 0 Å². The number of nitrogen functional groups attached to an aromatic ring is 2. The molecule has 0 aromatic heterocycles. The highest BCUT2D eigenvalue weighted by Gasteiger charge is 2.43. The van der Waals surface area contributed by atoms with Crippen LogP contribution < -0.4 is 11.5 Å². The minimum Gasteiger partial charge on any atom is -0.398 e. The van der Waals surface area contributed by atoms with Gasteiger partial charge in [-0.15, -0.1) is 0 Å². The highest BCUT2D eigenvalue weighted by Crippen LogP contribution is 2.45. The molecule has 0 aliphatic heterocycles. The third kappa shape index (κ3) is 6.70. The summed E-state index contributed by atoms with van der Waals surface area (Å²) in [6.45, 7) is 22.1. The predicted octanol–water partition coefficient (Wildman–Crippen LogP) is 7.61. The van der Waals surface area contributed by atoms with Crippen LogP contribution in [0.4, 0.5) is 11.4 Å². The summed E-state index contributed by atoms with van der Waals surface area (Å²) in [6.07, 6.45) is -1.36. The van der Waals surface area contributed by atoms with Gasteiger partial charge in [0.25, 0.3) is 0 Å². The van der Waals surface area contributed by atoms with Gasteiger partial charge in [0.15, 0.2) is 29.2 Å². The molecule has 184 valence electrons. The molecule has 4 N–H and O–H groups in total. The van der Waals surface area contributed by atoms with Gasteiger partial charge in [0.05, 0.1) is 0 Å². The Morgan fingerprint density at radius 1 is 0.606 bits per heavy atom. The zero-order valence-corrected chi connectivity index (χ0v) is 24.2. The van der Waals surface area contributed by atoms with E-state index in [0.717, 1.165) is 11.1 Å². The Balaban J connectivity index is 2.57. The second-order valence-electron chi connectivity index (χ2n) is 11.8. The Bertz CT molecular complexity index is 858. The molecule has 0 spiro atoms. The first-order chi connectivity index (χ1) is 15.0. The molecule has 0 aliphatic carbocycles. The fraction of sp³-hybridized carbons (Fsp3) is 0.538. The molecule has 2 atom stereocenters. The summed E-state index contributed by atoms with van der Waals surface area (Å²) in [5.74, 6) is 0. The van der Waals surface area contributed by atoms with Crippen LogP contribution in [-0.2, 0) is 13.6 Å². The van der Waals surface area contributed by atoms with Gasteiger partial charge >= 0.3 is 0 Å². The molecule has 5 nitrogen and oxygen atoms in total. The van der Waals surface area contributed by atoms with E-state index in [1.165, 1.54) is 0 Å². The molecule has 2 aromatic carbocycles. The number of anilines is 2. The molecule has 0 saturated heterocycles. The molecule has 0 aliphatic rings. The Labute approximate surface area is 203 Å². The predicted molar refractivity (Wildman–Crippen MR) is 145 cm³/mol. The number of ether oxygens (including phenoxy) is 1. The maximum atomic E-state index is 6.79. The number of rotatable bonds is 8. The summed E-state index contributed by atoms with van der Waals surface area (Å²) >= 11 is 0. The van der Waals surface area contributed by atoms with E-state index >= 15 is 0 Å². The number of nitrogens with two attached hydrogens (primary N) is 2. The third-order valence-electron chi connectivity index (χ3n) is 7.16. The van der Waals surface area contributed by atoms with Crippen molar-refractivity contribution in [3.05, 3.63) is 59.7 Å². The Morgan fingerprint density at radius 3 is 1.18 bits per heavy atom. The molecule has 0 amide bonds. The summed E-state index contributed by atoms with van der Waals surface area (Å²) in [6, 6.07) is 15.4. The van der Waals surface area contributed by atoms with Gasteiger partial charge in [-0.25, -0.2) is 0 Å². The standard InChI is InChI=1S/C26H44N2O3Si2/c1-25(2,3)32(7,8)30-23(19-15-11-13-17-21(19)27)29-24(20-16-12-14-18-22(20)28)31-33(9,10)26(4,5)6/h11-18,23-24H,27-28H2,1-10H3. The summed E-state index contributed by atoms with van der Waals surface area (Å²) in [5.41, 5.74) is 15.7. The Hall–Kier alpha value is -1.65. The van der Waals surface area contributed by atoms with E-state index in [9.17, 15) is 0 Å². The molecule has 0 bridgehead atoms. The molecule has 2 aromatic rings. The van der Waals surface area contributed by atoms with Gasteiger partial charge in [0.2, 0.25) is 0 Å². The fourth-order valence-electron chi connectivity index (χ4n) is 2.78. The summed E-state index contributed by atoms with van der Waals surface area (Å²) in [4.78, 5) is 0. The van der Waals surface area contributed by atoms with Gasteiger partial charge < -0.3 is 25.1 Å². The number of benzene rings is 2. The van der Waals surface area contributed by atoms with E-state index in [1.807, 2.05) is 48.5 Å². The molecule has 2 rings (SSSR count). The van der Waals surface area contributed by atoms with Crippen molar-refractivity contribution in [3.63, 3.8) is 0 Å². The monoisotopic (exact) mass is 488 g/mol. The van der Waals surface area contributed by atoms with Crippen molar-refractivity contribution < 1.29 is 13.6 Å². The van der Waals surface area contributed by atoms with Crippen LogP contribution in [0.2, 0.25) is 36.3 Å². The van der Waals surface area contributed by atoms with Crippen LogP contribution in [0.25, 0.3) is 0 Å². The lowest BCUT2D eigenvalue weighted by Gasteiger charge is -2.42. The largest absolute Gasteiger partial charge is 0.398 e. The van der Waals surface area contributed by atoms with E-state index in [1.54, 1.807) is 0 Å². The Kier molecular flexibility index (Phi) is 8.29. The van der Waals surface area contributed by atoms with Crippen LogP contribution in [0.15, 0.2) is 48.5 Å². The number of hydrogen-bond acceptors (Lipinski definition) is 5. The van der Waals surface area contributed by atoms with Gasteiger partial charge in [0.1, 0.15) is 0 Å². The summed E-state index contributed by atoms with van der Waals surface area (Å²) in [5, 5.41) is -0.000573. The molecule has 2 unspecified atom stereocenters. The molecular weight excluding hydrogens is 444 g/mol. The van der Waals surface area contributed by atoms with Crippen molar-refractivity contribution in [2.75, 3.05) is 11.5 Å². The average Bonchev–Trinajstić information content (AvgIpc) is 2.65. The van der Waals surface area contributed by atoms with Crippen LogP contribution in [0.1, 0.15) is 65.2 Å². The zero-order valence-electron chi connectivity index (χ0n) is 22.2. The zero-order chi connectivity index (χ0) is 25.2. The van der Waals surface area contributed by atoms with Gasteiger partial charge in [-0.1, -0.05) is 77.9 Å². The van der Waals surface area contributed by atoms with Crippen molar-refractivity contribution in [1.29, 1.82) is 0 Å². The number of para-hydroxylation sites is 2. The lowest BCUT2D eigenvalue weighted by Crippen LogP contribution is -2.44. The highest BCUT2D eigenvalue weighted by molar-refractivity contribution is 6.74. The second kappa shape index (κ2) is 9.92. The fourth-order valence-corrected chi connectivity index (χ4v) is 4.92. The molecular formula is C26H44N2O3Si2. The molecule has 0 heterocycles. The van der Waals surface area contributed by atoms with Gasteiger partial charge in [-0.05, 0) is 48.4 Å². The smallest absolute Gasteiger partial charge is 0.195 e. The first kappa shape index (κ1) is 27.6. The van der Waals surface area contributed by atoms with E-state index in [-0.39, 0.29) is 10.1 Å². The van der Waals surface area contributed by atoms with Crippen molar-refractivity contribution in [1.82, 2.24) is 0 Å². The van der Waals surface area contributed by atoms with E-state index in [2.05, 4.69) is 67.7 Å². The maximum absolute atomic E-state index is 6.79. The first-order valence-electron chi connectivity index (χ1n) is 11.7. The number of hydrogen-bond donors (Lipinski definition) is 2. The van der Waals surface area contributed by atoms with Crippen molar-refractivity contribution in [2.45, 2.75) is 90.4 Å².